The predicted octanol–water partition coefficient (Wildman–Crippen LogP) is 3.13. The van der Waals surface area contributed by atoms with E-state index in [9.17, 15) is 13.2 Å². The molecule has 1 aromatic carbocycles. The third-order valence-corrected chi connectivity index (χ3v) is 7.55. The summed E-state index contributed by atoms with van der Waals surface area (Å²) in [6.45, 7) is 0. The van der Waals surface area contributed by atoms with Gasteiger partial charge < -0.3 is 5.32 Å². The number of carbonyl (C=O) groups excluding carboxylic acids is 1. The monoisotopic (exact) mass is 334 g/mol. The molecule has 0 radical (unpaired) electrons. The summed E-state index contributed by atoms with van der Waals surface area (Å²) in [5.74, 6) is 0.0611. The average Bonchev–Trinajstić information content (AvgIpc) is 2.79. The fourth-order valence-electron chi connectivity index (χ4n) is 4.13. The summed E-state index contributed by atoms with van der Waals surface area (Å²) in [5.41, 5.74) is 1.95. The van der Waals surface area contributed by atoms with Gasteiger partial charge in [-0.1, -0.05) is 25.7 Å². The number of sulfonamides is 1. The molecule has 2 N–H and O–H groups in total. The Morgan fingerprint density at radius 3 is 2.48 bits per heavy atom. The van der Waals surface area contributed by atoms with Gasteiger partial charge in [-0.15, -0.1) is 0 Å². The van der Waals surface area contributed by atoms with Crippen molar-refractivity contribution < 1.29 is 13.2 Å². The molecule has 0 saturated heterocycles. The van der Waals surface area contributed by atoms with Crippen molar-refractivity contribution in [2.75, 3.05) is 10.0 Å². The zero-order chi connectivity index (χ0) is 16.1. The number of anilines is 2. The largest absolute Gasteiger partial charge is 0.325 e. The van der Waals surface area contributed by atoms with Crippen LogP contribution in [0.2, 0.25) is 0 Å². The molecule has 6 heteroatoms. The lowest BCUT2D eigenvalue weighted by Crippen LogP contribution is -2.40. The molecule has 23 heavy (non-hydrogen) atoms. The van der Waals surface area contributed by atoms with Crippen molar-refractivity contribution in [1.82, 2.24) is 0 Å². The molecule has 1 heterocycles. The summed E-state index contributed by atoms with van der Waals surface area (Å²) >= 11 is 0. The van der Waals surface area contributed by atoms with Gasteiger partial charge in [0.05, 0.1) is 10.7 Å². The molecule has 1 amide bonds. The highest BCUT2D eigenvalue weighted by Crippen LogP contribution is 2.51. The summed E-state index contributed by atoms with van der Waals surface area (Å²) < 4.78 is 27.9. The lowest BCUT2D eigenvalue weighted by Gasteiger charge is -2.36. The Labute approximate surface area is 136 Å². The Bertz CT molecular complexity index is 747. The smallest absolute Gasteiger partial charge is 0.235 e. The fraction of sp³-hybridized carbons (Fsp3) is 0.588. The van der Waals surface area contributed by atoms with Crippen LogP contribution < -0.4 is 10.0 Å². The van der Waals surface area contributed by atoms with Crippen molar-refractivity contribution in [3.63, 3.8) is 0 Å². The summed E-state index contributed by atoms with van der Waals surface area (Å²) in [6.07, 6.45) is 7.32. The average molecular weight is 334 g/mol. The van der Waals surface area contributed by atoms with Crippen LogP contribution in [0.15, 0.2) is 18.2 Å². The molecule has 1 aliphatic heterocycles. The molecule has 2 aliphatic carbocycles. The van der Waals surface area contributed by atoms with Crippen LogP contribution in [0.3, 0.4) is 0 Å². The van der Waals surface area contributed by atoms with E-state index in [0.717, 1.165) is 62.6 Å². The Hall–Kier alpha value is -1.56. The number of nitrogens with one attached hydrogen (secondary N) is 2. The van der Waals surface area contributed by atoms with E-state index >= 15 is 0 Å². The van der Waals surface area contributed by atoms with E-state index in [2.05, 4.69) is 10.0 Å². The van der Waals surface area contributed by atoms with Gasteiger partial charge in [0, 0.05) is 11.4 Å². The van der Waals surface area contributed by atoms with Crippen molar-refractivity contribution in [3.8, 4) is 0 Å². The standard InChI is InChI=1S/C17H22N2O3S/c20-16-17(9-4-10-17)14-11-12(7-8-15(14)18-16)19-23(21,22)13-5-2-1-3-6-13/h7-8,11,13,19H,1-6,9-10H2,(H,18,20). The Morgan fingerprint density at radius 1 is 1.09 bits per heavy atom. The molecular weight excluding hydrogens is 312 g/mol. The molecule has 0 aromatic heterocycles. The lowest BCUT2D eigenvalue weighted by atomic mass is 9.65. The molecule has 1 spiro atoms. The van der Waals surface area contributed by atoms with Crippen molar-refractivity contribution in [2.24, 2.45) is 0 Å². The molecule has 4 rings (SSSR count). The molecule has 0 unspecified atom stereocenters. The first-order chi connectivity index (χ1) is 11.0. The van der Waals surface area contributed by atoms with Crippen LogP contribution >= 0.6 is 0 Å². The molecule has 0 bridgehead atoms. The van der Waals surface area contributed by atoms with Gasteiger partial charge in [-0.25, -0.2) is 8.42 Å². The summed E-state index contributed by atoms with van der Waals surface area (Å²) in [6, 6.07) is 5.42. The van der Waals surface area contributed by atoms with Crippen LogP contribution in [0, 0.1) is 0 Å². The highest BCUT2D eigenvalue weighted by atomic mass is 32.2. The van der Waals surface area contributed by atoms with Crippen LogP contribution in [0.25, 0.3) is 0 Å². The summed E-state index contributed by atoms with van der Waals surface area (Å²) in [5, 5.41) is 2.64. The zero-order valence-electron chi connectivity index (χ0n) is 13.1. The quantitative estimate of drug-likeness (QED) is 0.892. The molecule has 2 saturated carbocycles. The maximum absolute atomic E-state index is 12.6. The Kier molecular flexibility index (Phi) is 3.41. The van der Waals surface area contributed by atoms with Gasteiger partial charge in [0.2, 0.25) is 15.9 Å². The predicted molar refractivity (Wildman–Crippen MR) is 90.0 cm³/mol. The van der Waals surface area contributed by atoms with Gasteiger partial charge in [0.1, 0.15) is 0 Å². The number of benzene rings is 1. The minimum absolute atomic E-state index is 0.0611. The van der Waals surface area contributed by atoms with Crippen molar-refractivity contribution in [2.45, 2.75) is 62.0 Å². The summed E-state index contributed by atoms with van der Waals surface area (Å²) in [7, 11) is -3.35. The number of hydrogen-bond donors (Lipinski definition) is 2. The van der Waals surface area contributed by atoms with Gasteiger partial charge in [0.15, 0.2) is 0 Å². The van der Waals surface area contributed by atoms with Gasteiger partial charge in [-0.05, 0) is 49.4 Å². The molecule has 5 nitrogen and oxygen atoms in total. The topological polar surface area (TPSA) is 75.3 Å². The molecule has 0 atom stereocenters. The minimum atomic E-state index is -3.35. The minimum Gasteiger partial charge on any atom is -0.325 e. The molecule has 2 fully saturated rings. The summed E-state index contributed by atoms with van der Waals surface area (Å²) in [4.78, 5) is 12.2. The number of amides is 1. The molecule has 3 aliphatic rings. The van der Waals surface area contributed by atoms with E-state index in [1.165, 1.54) is 0 Å². The second kappa shape index (κ2) is 5.23. The van der Waals surface area contributed by atoms with Crippen LogP contribution in [-0.2, 0) is 20.2 Å². The van der Waals surface area contributed by atoms with Crippen molar-refractivity contribution >= 4 is 27.3 Å². The van der Waals surface area contributed by atoms with Crippen LogP contribution in [0.4, 0.5) is 11.4 Å². The number of rotatable bonds is 3. The maximum atomic E-state index is 12.6. The van der Waals surface area contributed by atoms with E-state index in [-0.39, 0.29) is 11.2 Å². The normalized spacial score (nSPS) is 23.2. The van der Waals surface area contributed by atoms with Gasteiger partial charge >= 0.3 is 0 Å². The second-order valence-electron chi connectivity index (χ2n) is 7.06. The Balaban J connectivity index is 1.61. The number of carbonyl (C=O) groups is 1. The van der Waals surface area contributed by atoms with E-state index < -0.39 is 15.4 Å². The van der Waals surface area contributed by atoms with Crippen LogP contribution in [0.1, 0.15) is 56.9 Å². The SMILES string of the molecule is O=C1Nc2ccc(NS(=O)(=O)C3CCCCC3)cc2C12CCC2. The van der Waals surface area contributed by atoms with Gasteiger partial charge in [-0.2, -0.15) is 0 Å². The maximum Gasteiger partial charge on any atom is 0.235 e. The van der Waals surface area contributed by atoms with E-state index in [0.29, 0.717) is 5.69 Å². The second-order valence-corrected chi connectivity index (χ2v) is 9.02. The van der Waals surface area contributed by atoms with E-state index in [1.54, 1.807) is 6.07 Å². The van der Waals surface area contributed by atoms with E-state index in [4.69, 9.17) is 0 Å². The first-order valence-corrected chi connectivity index (χ1v) is 10.0. The van der Waals surface area contributed by atoms with Crippen molar-refractivity contribution in [1.29, 1.82) is 0 Å². The molecule has 124 valence electrons. The highest BCUT2D eigenvalue weighted by Gasteiger charge is 2.51. The van der Waals surface area contributed by atoms with Gasteiger partial charge in [-0.3, -0.25) is 9.52 Å². The van der Waals surface area contributed by atoms with Crippen molar-refractivity contribution in [3.05, 3.63) is 23.8 Å². The van der Waals surface area contributed by atoms with Crippen LogP contribution in [0.5, 0.6) is 0 Å². The first-order valence-electron chi connectivity index (χ1n) is 8.49. The zero-order valence-corrected chi connectivity index (χ0v) is 13.9. The fourth-order valence-corrected chi connectivity index (χ4v) is 5.70. The third kappa shape index (κ3) is 2.35. The molecular formula is C17H22N2O3S. The lowest BCUT2D eigenvalue weighted by molar-refractivity contribution is -0.123. The number of fused-ring (bicyclic) bond motifs is 2. The third-order valence-electron chi connectivity index (χ3n) is 5.68. The molecule has 1 aromatic rings. The van der Waals surface area contributed by atoms with Gasteiger partial charge in [0.25, 0.3) is 0 Å². The Morgan fingerprint density at radius 2 is 1.83 bits per heavy atom. The first kappa shape index (κ1) is 15.0. The van der Waals surface area contributed by atoms with E-state index in [1.807, 2.05) is 12.1 Å². The highest BCUT2D eigenvalue weighted by molar-refractivity contribution is 7.93. The van der Waals surface area contributed by atoms with Crippen LogP contribution in [-0.4, -0.2) is 19.6 Å². The number of hydrogen-bond acceptors (Lipinski definition) is 3.